The Morgan fingerprint density at radius 2 is 1.88 bits per heavy atom. The lowest BCUT2D eigenvalue weighted by molar-refractivity contribution is -0.123. The van der Waals surface area contributed by atoms with Gasteiger partial charge in [0.05, 0.1) is 10.7 Å². The number of carbonyl (C=O) groups is 1. The van der Waals surface area contributed by atoms with E-state index in [0.717, 1.165) is 11.3 Å². The summed E-state index contributed by atoms with van der Waals surface area (Å²) >= 11 is 11.8. The number of rotatable bonds is 5. The predicted octanol–water partition coefficient (Wildman–Crippen LogP) is 4.53. The van der Waals surface area contributed by atoms with Crippen LogP contribution in [0.3, 0.4) is 0 Å². The molecule has 0 spiro atoms. The molecule has 0 bridgehead atoms. The Morgan fingerprint density at radius 3 is 2.54 bits per heavy atom. The third-order valence-electron chi connectivity index (χ3n) is 3.53. The fraction of sp³-hybridized carbons (Fsp3) is 0.222. The standard InChI is InChI=1S/C18H18Cl2N2O2/c1-11-4-5-14(8-12(11)2)13(3)21-22-18(23)10-24-17-7-6-15(19)9-16(17)20/h4-9H,10H2,1-3H3,(H,22,23). The minimum Gasteiger partial charge on any atom is -0.482 e. The van der Waals surface area contributed by atoms with Gasteiger partial charge in [-0.15, -0.1) is 0 Å². The summed E-state index contributed by atoms with van der Waals surface area (Å²) in [6.07, 6.45) is 0. The molecule has 0 aliphatic carbocycles. The zero-order chi connectivity index (χ0) is 17.7. The van der Waals surface area contributed by atoms with Crippen molar-refractivity contribution in [1.29, 1.82) is 0 Å². The van der Waals surface area contributed by atoms with Gasteiger partial charge in [-0.25, -0.2) is 5.43 Å². The molecule has 0 saturated heterocycles. The van der Waals surface area contributed by atoms with E-state index < -0.39 is 0 Å². The summed E-state index contributed by atoms with van der Waals surface area (Å²) in [5.41, 5.74) is 6.53. The maximum atomic E-state index is 11.8. The minimum absolute atomic E-state index is 0.189. The zero-order valence-electron chi connectivity index (χ0n) is 13.7. The van der Waals surface area contributed by atoms with Crippen LogP contribution in [0.1, 0.15) is 23.6 Å². The molecule has 2 aromatic rings. The third-order valence-corrected chi connectivity index (χ3v) is 4.06. The van der Waals surface area contributed by atoms with E-state index in [2.05, 4.69) is 10.5 Å². The Balaban J connectivity index is 1.93. The van der Waals surface area contributed by atoms with Gasteiger partial charge in [0.25, 0.3) is 5.91 Å². The monoisotopic (exact) mass is 364 g/mol. The fourth-order valence-electron chi connectivity index (χ4n) is 1.95. The van der Waals surface area contributed by atoms with Crippen LogP contribution in [0.2, 0.25) is 10.0 Å². The van der Waals surface area contributed by atoms with Crippen molar-refractivity contribution in [2.75, 3.05) is 6.61 Å². The maximum Gasteiger partial charge on any atom is 0.277 e. The van der Waals surface area contributed by atoms with Crippen molar-refractivity contribution >= 4 is 34.8 Å². The molecule has 0 heterocycles. The number of hydrogen-bond acceptors (Lipinski definition) is 3. The van der Waals surface area contributed by atoms with Crippen molar-refractivity contribution in [3.63, 3.8) is 0 Å². The highest BCUT2D eigenvalue weighted by Crippen LogP contribution is 2.27. The number of nitrogens with zero attached hydrogens (tertiary/aromatic N) is 1. The van der Waals surface area contributed by atoms with E-state index in [1.807, 2.05) is 39.0 Å². The molecule has 2 aromatic carbocycles. The lowest BCUT2D eigenvalue weighted by Crippen LogP contribution is -2.25. The van der Waals surface area contributed by atoms with E-state index >= 15 is 0 Å². The zero-order valence-corrected chi connectivity index (χ0v) is 15.2. The van der Waals surface area contributed by atoms with Gasteiger partial charge in [-0.05, 0) is 61.7 Å². The van der Waals surface area contributed by atoms with E-state index in [1.165, 1.54) is 11.1 Å². The van der Waals surface area contributed by atoms with Crippen LogP contribution in [0.25, 0.3) is 0 Å². The second kappa shape index (κ2) is 8.18. The second-order valence-electron chi connectivity index (χ2n) is 5.39. The number of amides is 1. The molecular weight excluding hydrogens is 347 g/mol. The Kier molecular flexibility index (Phi) is 6.23. The van der Waals surface area contributed by atoms with Crippen LogP contribution in [0.5, 0.6) is 5.75 Å². The van der Waals surface area contributed by atoms with Crippen LogP contribution in [-0.2, 0) is 4.79 Å². The maximum absolute atomic E-state index is 11.8. The molecule has 6 heteroatoms. The lowest BCUT2D eigenvalue weighted by atomic mass is 10.0. The number of halogens is 2. The average Bonchev–Trinajstić information content (AvgIpc) is 2.54. The Bertz CT molecular complexity index is 789. The number of hydrogen-bond donors (Lipinski definition) is 1. The van der Waals surface area contributed by atoms with Gasteiger partial charge in [0, 0.05) is 5.02 Å². The largest absolute Gasteiger partial charge is 0.482 e. The van der Waals surface area contributed by atoms with Gasteiger partial charge in [-0.1, -0.05) is 35.3 Å². The van der Waals surface area contributed by atoms with Gasteiger partial charge in [-0.3, -0.25) is 4.79 Å². The van der Waals surface area contributed by atoms with Gasteiger partial charge >= 0.3 is 0 Å². The molecule has 1 N–H and O–H groups in total. The molecule has 0 atom stereocenters. The Hall–Kier alpha value is -2.04. The highest BCUT2D eigenvalue weighted by atomic mass is 35.5. The molecule has 0 fully saturated rings. The summed E-state index contributed by atoms with van der Waals surface area (Å²) in [6.45, 7) is 5.73. The first kappa shape index (κ1) is 18.3. The summed E-state index contributed by atoms with van der Waals surface area (Å²) in [4.78, 5) is 11.8. The molecule has 1 amide bonds. The summed E-state index contributed by atoms with van der Waals surface area (Å²) < 4.78 is 5.35. The molecule has 0 saturated carbocycles. The topological polar surface area (TPSA) is 50.7 Å². The van der Waals surface area contributed by atoms with Crippen LogP contribution in [0, 0.1) is 13.8 Å². The Morgan fingerprint density at radius 1 is 1.12 bits per heavy atom. The van der Waals surface area contributed by atoms with Crippen molar-refractivity contribution in [1.82, 2.24) is 5.43 Å². The van der Waals surface area contributed by atoms with Crippen LogP contribution in [0.4, 0.5) is 0 Å². The van der Waals surface area contributed by atoms with Crippen molar-refractivity contribution in [3.05, 3.63) is 63.1 Å². The SMILES string of the molecule is CC(=NNC(=O)COc1ccc(Cl)cc1Cl)c1ccc(C)c(C)c1. The third kappa shape index (κ3) is 4.98. The molecular formula is C18H18Cl2N2O2. The molecule has 2 rings (SSSR count). The summed E-state index contributed by atoms with van der Waals surface area (Å²) in [5, 5.41) is 4.95. The van der Waals surface area contributed by atoms with Gasteiger partial charge in [-0.2, -0.15) is 5.10 Å². The van der Waals surface area contributed by atoms with E-state index in [9.17, 15) is 4.79 Å². The molecule has 0 aliphatic heterocycles. The molecule has 126 valence electrons. The highest BCUT2D eigenvalue weighted by Gasteiger charge is 2.07. The molecule has 24 heavy (non-hydrogen) atoms. The molecule has 0 aliphatic rings. The molecule has 0 radical (unpaired) electrons. The Labute approximate surface area is 151 Å². The lowest BCUT2D eigenvalue weighted by Gasteiger charge is -2.08. The van der Waals surface area contributed by atoms with Crippen molar-refractivity contribution in [3.8, 4) is 5.75 Å². The molecule has 0 unspecified atom stereocenters. The fourth-order valence-corrected chi connectivity index (χ4v) is 2.41. The van der Waals surface area contributed by atoms with E-state index in [4.69, 9.17) is 27.9 Å². The normalized spacial score (nSPS) is 11.3. The van der Waals surface area contributed by atoms with Gasteiger partial charge in [0.1, 0.15) is 5.75 Å². The van der Waals surface area contributed by atoms with Gasteiger partial charge in [0.2, 0.25) is 0 Å². The number of benzene rings is 2. The van der Waals surface area contributed by atoms with Gasteiger partial charge in [0.15, 0.2) is 6.61 Å². The van der Waals surface area contributed by atoms with Crippen LogP contribution in [-0.4, -0.2) is 18.2 Å². The number of hydrazone groups is 1. The van der Waals surface area contributed by atoms with Crippen molar-refractivity contribution in [2.24, 2.45) is 5.10 Å². The first-order chi connectivity index (χ1) is 11.4. The predicted molar refractivity (Wildman–Crippen MR) is 98.2 cm³/mol. The number of aryl methyl sites for hydroxylation is 2. The van der Waals surface area contributed by atoms with E-state index in [1.54, 1.807) is 18.2 Å². The summed E-state index contributed by atoms with van der Waals surface area (Å²) in [7, 11) is 0. The second-order valence-corrected chi connectivity index (χ2v) is 6.24. The summed E-state index contributed by atoms with van der Waals surface area (Å²) in [5.74, 6) is 0.0234. The highest BCUT2D eigenvalue weighted by molar-refractivity contribution is 6.35. The first-order valence-electron chi connectivity index (χ1n) is 7.35. The molecule has 0 aromatic heterocycles. The van der Waals surface area contributed by atoms with Crippen LogP contribution in [0.15, 0.2) is 41.5 Å². The van der Waals surface area contributed by atoms with E-state index in [0.29, 0.717) is 15.8 Å². The minimum atomic E-state index is -0.371. The van der Waals surface area contributed by atoms with Crippen molar-refractivity contribution in [2.45, 2.75) is 20.8 Å². The number of carbonyl (C=O) groups excluding carboxylic acids is 1. The average molecular weight is 365 g/mol. The number of nitrogens with one attached hydrogen (secondary N) is 1. The van der Waals surface area contributed by atoms with E-state index in [-0.39, 0.29) is 12.5 Å². The number of ether oxygens (including phenoxy) is 1. The van der Waals surface area contributed by atoms with Gasteiger partial charge < -0.3 is 4.74 Å². The van der Waals surface area contributed by atoms with Crippen LogP contribution < -0.4 is 10.2 Å². The first-order valence-corrected chi connectivity index (χ1v) is 8.11. The molecule has 4 nitrogen and oxygen atoms in total. The smallest absolute Gasteiger partial charge is 0.277 e. The quantitative estimate of drug-likeness (QED) is 0.625. The van der Waals surface area contributed by atoms with Crippen LogP contribution >= 0.6 is 23.2 Å². The summed E-state index contributed by atoms with van der Waals surface area (Å²) in [6, 6.07) is 10.8. The van der Waals surface area contributed by atoms with Crippen molar-refractivity contribution < 1.29 is 9.53 Å².